The Morgan fingerprint density at radius 3 is 2.25 bits per heavy atom. The summed E-state index contributed by atoms with van der Waals surface area (Å²) in [7, 11) is 0. The van der Waals surface area contributed by atoms with Gasteiger partial charge in [-0.05, 0) is 103 Å². The molecule has 0 atom stereocenters. The zero-order valence-corrected chi connectivity index (χ0v) is 34.3. The topological polar surface area (TPSA) is 44.9 Å². The number of ether oxygens (including phenoxy) is 1. The van der Waals surface area contributed by atoms with Gasteiger partial charge in [0.2, 0.25) is 0 Å². The van der Waals surface area contributed by atoms with E-state index < -0.39 is 0 Å². The number of rotatable bonds is 9. The third kappa shape index (κ3) is 7.50. The van der Waals surface area contributed by atoms with Gasteiger partial charge >= 0.3 is 20.4 Å². The minimum absolute atomic E-state index is 0. The Morgan fingerprint density at radius 2 is 1.55 bits per heavy atom. The zero-order valence-electron chi connectivity index (χ0n) is 32.7. The Bertz CT molecular complexity index is 2420. The summed E-state index contributed by atoms with van der Waals surface area (Å²) < 4.78 is 11.1. The Labute approximate surface area is 329 Å². The monoisotopic (exact) mass is 792 g/mol. The van der Waals surface area contributed by atoms with Crippen LogP contribution in [0, 0.1) is 45.7 Å². The van der Waals surface area contributed by atoms with Crippen molar-refractivity contribution in [2.24, 2.45) is 5.92 Å². The van der Waals surface area contributed by atoms with Gasteiger partial charge in [-0.3, -0.25) is 4.68 Å². The normalized spacial score (nSPS) is 11.8. The summed E-state index contributed by atoms with van der Waals surface area (Å²) in [5, 5.41) is 7.50. The molecule has 274 valence electrons. The van der Waals surface area contributed by atoms with Crippen molar-refractivity contribution in [3.05, 3.63) is 130 Å². The van der Waals surface area contributed by atoms with Gasteiger partial charge in [-0.25, -0.2) is 4.98 Å². The van der Waals surface area contributed by atoms with E-state index in [4.69, 9.17) is 14.8 Å². The Balaban J connectivity index is 0.00000481. The molecule has 0 spiro atoms. The molecule has 6 heteroatoms. The molecule has 0 amide bonds. The Kier molecular flexibility index (Phi) is 10.9. The van der Waals surface area contributed by atoms with Crippen LogP contribution in [-0.4, -0.2) is 19.3 Å². The minimum Gasteiger partial charge on any atom is -0.509 e. The zero-order chi connectivity index (χ0) is 36.9. The fraction of sp³-hybridized carbons (Fsp3) is 0.319. The summed E-state index contributed by atoms with van der Waals surface area (Å²) >= 11 is 0. The fourth-order valence-corrected chi connectivity index (χ4v) is 7.70. The number of pyridine rings is 1. The predicted molar refractivity (Wildman–Crippen MR) is 216 cm³/mol. The van der Waals surface area contributed by atoms with Crippen molar-refractivity contribution in [2.45, 2.75) is 93.9 Å². The first-order valence-electron chi connectivity index (χ1n) is 18.7. The second-order valence-electron chi connectivity index (χ2n) is 15.9. The second kappa shape index (κ2) is 15.1. The second-order valence-corrected chi connectivity index (χ2v) is 15.9. The quantitative estimate of drug-likeness (QED) is 0.108. The van der Waals surface area contributed by atoms with E-state index in [1.165, 1.54) is 39.1 Å². The molecule has 0 aliphatic carbocycles. The molecule has 0 aliphatic heterocycles. The number of hydrogen-bond acceptors (Lipinski definition) is 3. The van der Waals surface area contributed by atoms with Gasteiger partial charge in [0, 0.05) is 28.8 Å². The van der Waals surface area contributed by atoms with E-state index in [0.717, 1.165) is 63.8 Å². The van der Waals surface area contributed by atoms with Crippen molar-refractivity contribution in [1.29, 1.82) is 0 Å². The Morgan fingerprint density at radius 1 is 0.811 bits per heavy atom. The molecule has 0 bridgehead atoms. The van der Waals surface area contributed by atoms with E-state index in [1.54, 1.807) is 0 Å². The smallest absolute Gasteiger partial charge is 0.509 e. The summed E-state index contributed by atoms with van der Waals surface area (Å²) in [5.74, 6) is 2.58. The molecule has 0 N–H and O–H groups in total. The number of aryl methyl sites for hydroxylation is 5. The molecule has 0 saturated carbocycles. The van der Waals surface area contributed by atoms with Crippen LogP contribution in [0.2, 0.25) is 0 Å². The van der Waals surface area contributed by atoms with Gasteiger partial charge in [-0.2, -0.15) is 11.2 Å². The average molecular weight is 793 g/mol. The number of fused-ring (bicyclic) bond motifs is 3. The molecule has 7 rings (SSSR count). The van der Waals surface area contributed by atoms with Crippen LogP contribution in [0.25, 0.3) is 44.4 Å². The van der Waals surface area contributed by atoms with Gasteiger partial charge in [-0.1, -0.05) is 89.4 Å². The number of hydrogen-bond donors (Lipinski definition) is 0. The largest absolute Gasteiger partial charge is 2.00 e. The van der Waals surface area contributed by atoms with E-state index in [2.05, 4.69) is 157 Å². The maximum Gasteiger partial charge on any atom is 2.00 e. The van der Waals surface area contributed by atoms with Crippen molar-refractivity contribution in [3.8, 4) is 34.1 Å². The van der Waals surface area contributed by atoms with E-state index in [1.807, 2.05) is 12.3 Å². The van der Waals surface area contributed by atoms with Gasteiger partial charge in [0.15, 0.2) is 0 Å². The van der Waals surface area contributed by atoms with E-state index >= 15 is 0 Å². The van der Waals surface area contributed by atoms with Crippen molar-refractivity contribution in [2.75, 3.05) is 0 Å². The molecule has 7 aromatic rings. The van der Waals surface area contributed by atoms with Gasteiger partial charge in [0.25, 0.3) is 0 Å². The molecule has 3 aromatic heterocycles. The van der Waals surface area contributed by atoms with Crippen molar-refractivity contribution in [1.82, 2.24) is 19.3 Å². The summed E-state index contributed by atoms with van der Waals surface area (Å²) in [6.07, 6.45) is 4.88. The summed E-state index contributed by atoms with van der Waals surface area (Å²) in [6.45, 7) is 22.2. The predicted octanol–water partition coefficient (Wildman–Crippen LogP) is 12.1. The van der Waals surface area contributed by atoms with Gasteiger partial charge in [0.05, 0.1) is 11.4 Å². The molecule has 0 radical (unpaired) electrons. The standard InChI is InChI=1S/C47H50N4O.Pd/c1-11-14-34-19-20-48-44(24-34)50-41-16-13-12-15-39(41)40-18-17-37(28-42(40)50)52-38-26-35(47(8,9)10)25-36(27-38)51-43(21-29(2)3)46(33(7)49-51)45-31(5)22-30(4)23-32(45)6;/h12-13,15-20,22-26,29H,11,14,21H2,1-10H3;/q-2;+2. The fourth-order valence-electron chi connectivity index (χ4n) is 7.70. The molecule has 5 nitrogen and oxygen atoms in total. The molecule has 0 aliphatic rings. The molecule has 53 heavy (non-hydrogen) atoms. The van der Waals surface area contributed by atoms with E-state index in [0.29, 0.717) is 17.4 Å². The molecule has 0 fully saturated rings. The van der Waals surface area contributed by atoms with Crippen LogP contribution in [0.4, 0.5) is 0 Å². The number of para-hydroxylation sites is 1. The third-order valence-electron chi connectivity index (χ3n) is 9.96. The SMILES string of the molecule is CCCc1ccnc(-n2c3[c-]c(Oc4[c-]c(-n5nc(C)c(-c6c(C)cc(C)cc6C)c5CC(C)C)cc(C(C)(C)C)c4)ccc3c3ccccc32)c1.[Pd+2]. The molecular formula is C47H50N4OPd. The maximum absolute atomic E-state index is 6.74. The van der Waals surface area contributed by atoms with Crippen molar-refractivity contribution < 1.29 is 25.2 Å². The molecule has 4 aromatic carbocycles. The van der Waals surface area contributed by atoms with Crippen LogP contribution in [0.5, 0.6) is 11.5 Å². The Hall–Kier alpha value is -4.50. The number of benzene rings is 4. The van der Waals surface area contributed by atoms with Gasteiger partial charge < -0.3 is 9.30 Å². The first kappa shape index (κ1) is 38.2. The minimum atomic E-state index is -0.134. The maximum atomic E-state index is 6.74. The van der Waals surface area contributed by atoms with Crippen LogP contribution in [0.1, 0.15) is 87.2 Å². The molecule has 0 saturated heterocycles. The summed E-state index contributed by atoms with van der Waals surface area (Å²) in [4.78, 5) is 4.82. The van der Waals surface area contributed by atoms with Crippen LogP contribution in [0.15, 0.2) is 79.0 Å². The average Bonchev–Trinajstić information content (AvgIpc) is 3.57. The molecule has 0 unspecified atom stereocenters. The third-order valence-corrected chi connectivity index (χ3v) is 9.96. The first-order chi connectivity index (χ1) is 24.8. The summed E-state index contributed by atoms with van der Waals surface area (Å²) in [6, 6.07) is 33.1. The first-order valence-corrected chi connectivity index (χ1v) is 18.7. The van der Waals surface area contributed by atoms with Crippen molar-refractivity contribution >= 4 is 21.8 Å². The van der Waals surface area contributed by atoms with E-state index in [-0.39, 0.29) is 25.8 Å². The number of nitrogens with zero attached hydrogens (tertiary/aromatic N) is 4. The van der Waals surface area contributed by atoms with Crippen LogP contribution < -0.4 is 4.74 Å². The van der Waals surface area contributed by atoms with Crippen LogP contribution in [-0.2, 0) is 38.7 Å². The van der Waals surface area contributed by atoms with Gasteiger partial charge in [0.1, 0.15) is 5.82 Å². The molecular weight excluding hydrogens is 743 g/mol. The summed E-state index contributed by atoms with van der Waals surface area (Å²) in [5.41, 5.74) is 13.7. The van der Waals surface area contributed by atoms with Crippen LogP contribution in [0.3, 0.4) is 0 Å². The van der Waals surface area contributed by atoms with Gasteiger partial charge in [-0.15, -0.1) is 41.3 Å². The van der Waals surface area contributed by atoms with Crippen LogP contribution >= 0.6 is 0 Å². The van der Waals surface area contributed by atoms with E-state index in [9.17, 15) is 0 Å². The number of aromatic nitrogens is 4. The van der Waals surface area contributed by atoms with Crippen molar-refractivity contribution in [3.63, 3.8) is 0 Å². The molecule has 3 heterocycles.